The van der Waals surface area contributed by atoms with Crippen LogP contribution in [0.5, 0.6) is 11.5 Å². The minimum Gasteiger partial charge on any atom is -0.457 e. The van der Waals surface area contributed by atoms with E-state index in [0.717, 1.165) is 17.1 Å². The van der Waals surface area contributed by atoms with Gasteiger partial charge in [-0.3, -0.25) is 0 Å². The summed E-state index contributed by atoms with van der Waals surface area (Å²) in [6.07, 6.45) is 0. The molecule has 0 aliphatic heterocycles. The monoisotopic (exact) mass is 280 g/mol. The Balaban J connectivity index is 2.32. The molecule has 0 amide bonds. The van der Waals surface area contributed by atoms with Crippen LogP contribution in [0.15, 0.2) is 42.5 Å². The average molecular weight is 281 g/mol. The van der Waals surface area contributed by atoms with Gasteiger partial charge in [-0.05, 0) is 47.9 Å². The highest BCUT2D eigenvalue weighted by atomic mass is 35.5. The van der Waals surface area contributed by atoms with Crippen molar-refractivity contribution in [2.24, 2.45) is 0 Å². The third-order valence-corrected chi connectivity index (χ3v) is 3.13. The molecule has 0 heterocycles. The molecule has 1 nitrogen and oxygen atoms in total. The molecule has 0 saturated carbocycles. The second kappa shape index (κ2) is 5.64. The van der Waals surface area contributed by atoms with Crippen LogP contribution in [0.3, 0.4) is 0 Å². The lowest BCUT2D eigenvalue weighted by Crippen LogP contribution is -1.93. The zero-order valence-electron chi connectivity index (χ0n) is 10.3. The van der Waals surface area contributed by atoms with Gasteiger partial charge in [-0.1, -0.05) is 43.1 Å². The predicted octanol–water partition coefficient (Wildman–Crippen LogP) is 5.91. The molecule has 0 atom stereocenters. The number of hydrogen-bond acceptors (Lipinski definition) is 1. The maximum Gasteiger partial charge on any atom is 0.132 e. The molecule has 0 aromatic heterocycles. The molecular weight excluding hydrogens is 267 g/mol. The van der Waals surface area contributed by atoms with Gasteiger partial charge < -0.3 is 4.74 Å². The number of benzene rings is 2. The Labute approximate surface area is 117 Å². The van der Waals surface area contributed by atoms with Crippen LogP contribution in [0.1, 0.15) is 25.3 Å². The van der Waals surface area contributed by atoms with Gasteiger partial charge in [-0.2, -0.15) is 0 Å². The zero-order chi connectivity index (χ0) is 13.1. The van der Waals surface area contributed by atoms with Crippen molar-refractivity contribution < 1.29 is 4.74 Å². The maximum atomic E-state index is 6.01. The lowest BCUT2D eigenvalue weighted by Gasteiger charge is -2.14. The van der Waals surface area contributed by atoms with Crippen LogP contribution in [0.2, 0.25) is 10.0 Å². The van der Waals surface area contributed by atoms with E-state index < -0.39 is 0 Å². The van der Waals surface area contributed by atoms with Crippen molar-refractivity contribution in [1.82, 2.24) is 0 Å². The Bertz CT molecular complexity index is 533. The molecule has 18 heavy (non-hydrogen) atoms. The molecule has 2 aromatic rings. The molecule has 2 rings (SSSR count). The van der Waals surface area contributed by atoms with E-state index in [1.165, 1.54) is 0 Å². The van der Waals surface area contributed by atoms with Crippen molar-refractivity contribution in [1.29, 1.82) is 0 Å². The molecule has 0 unspecified atom stereocenters. The first-order valence-corrected chi connectivity index (χ1v) is 6.54. The molecular formula is C15H14Cl2O. The topological polar surface area (TPSA) is 9.23 Å². The fourth-order valence-corrected chi connectivity index (χ4v) is 1.99. The van der Waals surface area contributed by atoms with Crippen molar-refractivity contribution in [2.75, 3.05) is 0 Å². The summed E-state index contributed by atoms with van der Waals surface area (Å²) in [5.74, 6) is 1.92. The van der Waals surface area contributed by atoms with Crippen molar-refractivity contribution in [3.05, 3.63) is 58.1 Å². The Morgan fingerprint density at radius 2 is 1.50 bits per heavy atom. The molecule has 0 saturated heterocycles. The van der Waals surface area contributed by atoms with E-state index in [4.69, 9.17) is 27.9 Å². The fourth-order valence-electron chi connectivity index (χ4n) is 1.70. The third-order valence-electron chi connectivity index (χ3n) is 2.64. The van der Waals surface area contributed by atoms with Gasteiger partial charge in [0.2, 0.25) is 0 Å². The van der Waals surface area contributed by atoms with Crippen LogP contribution in [-0.4, -0.2) is 0 Å². The summed E-state index contributed by atoms with van der Waals surface area (Å²) in [5, 5.41) is 1.36. The first-order chi connectivity index (χ1) is 8.56. The van der Waals surface area contributed by atoms with Gasteiger partial charge in [-0.25, -0.2) is 0 Å². The van der Waals surface area contributed by atoms with Gasteiger partial charge in [0.25, 0.3) is 0 Å². The minimum absolute atomic E-state index is 0.379. The van der Waals surface area contributed by atoms with Gasteiger partial charge in [0, 0.05) is 10.0 Å². The van der Waals surface area contributed by atoms with Gasteiger partial charge in [0.05, 0.1) is 0 Å². The molecule has 0 aliphatic carbocycles. The minimum atomic E-state index is 0.379. The molecule has 0 bridgehead atoms. The smallest absolute Gasteiger partial charge is 0.132 e. The van der Waals surface area contributed by atoms with E-state index in [0.29, 0.717) is 16.0 Å². The molecule has 2 aromatic carbocycles. The summed E-state index contributed by atoms with van der Waals surface area (Å²) in [5.41, 5.74) is 1.13. The quantitative estimate of drug-likeness (QED) is 0.679. The van der Waals surface area contributed by atoms with E-state index in [2.05, 4.69) is 13.8 Å². The molecule has 0 aliphatic rings. The van der Waals surface area contributed by atoms with Crippen LogP contribution in [0, 0.1) is 0 Å². The van der Waals surface area contributed by atoms with E-state index in [-0.39, 0.29) is 0 Å². The predicted molar refractivity (Wildman–Crippen MR) is 77.1 cm³/mol. The summed E-state index contributed by atoms with van der Waals surface area (Å²) < 4.78 is 5.86. The molecule has 94 valence electrons. The van der Waals surface area contributed by atoms with Crippen LogP contribution < -0.4 is 4.74 Å². The highest BCUT2D eigenvalue weighted by Crippen LogP contribution is 2.33. The Morgan fingerprint density at radius 3 is 2.11 bits per heavy atom. The van der Waals surface area contributed by atoms with Gasteiger partial charge in [-0.15, -0.1) is 0 Å². The van der Waals surface area contributed by atoms with Crippen LogP contribution in [-0.2, 0) is 0 Å². The largest absolute Gasteiger partial charge is 0.457 e. The first-order valence-electron chi connectivity index (χ1n) is 5.79. The standard InChI is InChI=1S/C15H14Cl2O/c1-10(2)14-8-5-12(17)9-15(14)18-13-6-3-11(16)4-7-13/h3-10H,1-2H3. The molecule has 0 spiro atoms. The highest BCUT2D eigenvalue weighted by Gasteiger charge is 2.09. The summed E-state index contributed by atoms with van der Waals surface area (Å²) >= 11 is 11.9. The summed E-state index contributed by atoms with van der Waals surface area (Å²) in [6.45, 7) is 4.25. The first kappa shape index (κ1) is 13.3. The second-order valence-corrected chi connectivity index (χ2v) is 5.27. The van der Waals surface area contributed by atoms with Crippen LogP contribution >= 0.6 is 23.2 Å². The molecule has 3 heteroatoms. The number of ether oxygens (including phenoxy) is 1. The van der Waals surface area contributed by atoms with Crippen LogP contribution in [0.4, 0.5) is 0 Å². The Kier molecular flexibility index (Phi) is 4.15. The highest BCUT2D eigenvalue weighted by molar-refractivity contribution is 6.31. The van der Waals surface area contributed by atoms with Gasteiger partial charge >= 0.3 is 0 Å². The Morgan fingerprint density at radius 1 is 0.889 bits per heavy atom. The zero-order valence-corrected chi connectivity index (χ0v) is 11.8. The number of rotatable bonds is 3. The van der Waals surface area contributed by atoms with E-state index >= 15 is 0 Å². The Hall–Kier alpha value is -1.18. The number of halogens is 2. The normalized spacial score (nSPS) is 10.7. The van der Waals surface area contributed by atoms with Crippen molar-refractivity contribution in [3.8, 4) is 11.5 Å². The summed E-state index contributed by atoms with van der Waals surface area (Å²) in [4.78, 5) is 0. The number of hydrogen-bond donors (Lipinski definition) is 0. The van der Waals surface area contributed by atoms with Crippen molar-refractivity contribution >= 4 is 23.2 Å². The lowest BCUT2D eigenvalue weighted by atomic mass is 10.0. The van der Waals surface area contributed by atoms with E-state index in [9.17, 15) is 0 Å². The molecule has 0 fully saturated rings. The maximum absolute atomic E-state index is 6.01. The van der Waals surface area contributed by atoms with Crippen molar-refractivity contribution in [3.63, 3.8) is 0 Å². The summed E-state index contributed by atoms with van der Waals surface area (Å²) in [6, 6.07) is 13.0. The average Bonchev–Trinajstić information content (AvgIpc) is 2.32. The van der Waals surface area contributed by atoms with E-state index in [1.807, 2.05) is 30.3 Å². The van der Waals surface area contributed by atoms with Crippen molar-refractivity contribution in [2.45, 2.75) is 19.8 Å². The SMILES string of the molecule is CC(C)c1ccc(Cl)cc1Oc1ccc(Cl)cc1. The second-order valence-electron chi connectivity index (χ2n) is 4.39. The van der Waals surface area contributed by atoms with E-state index in [1.54, 1.807) is 12.1 Å². The third kappa shape index (κ3) is 3.18. The molecule has 0 N–H and O–H groups in total. The fraction of sp³-hybridized carbons (Fsp3) is 0.200. The summed E-state index contributed by atoms with van der Waals surface area (Å²) in [7, 11) is 0. The van der Waals surface area contributed by atoms with Crippen LogP contribution in [0.25, 0.3) is 0 Å². The molecule has 0 radical (unpaired) electrons. The lowest BCUT2D eigenvalue weighted by molar-refractivity contribution is 0.473. The van der Waals surface area contributed by atoms with Gasteiger partial charge in [0.15, 0.2) is 0 Å². The van der Waals surface area contributed by atoms with Gasteiger partial charge in [0.1, 0.15) is 11.5 Å².